The predicted molar refractivity (Wildman–Crippen MR) is 47.3 cm³/mol. The zero-order chi connectivity index (χ0) is 11.1. The Hall–Kier alpha value is -1.40. The van der Waals surface area contributed by atoms with Crippen molar-refractivity contribution in [2.45, 2.75) is 18.6 Å². The second kappa shape index (κ2) is 3.32. The second-order valence-electron chi connectivity index (χ2n) is 3.46. The van der Waals surface area contributed by atoms with Gasteiger partial charge in [0.1, 0.15) is 0 Å². The predicted octanol–water partition coefficient (Wildman–Crippen LogP) is 0.982. The van der Waals surface area contributed by atoms with Gasteiger partial charge in [-0.3, -0.25) is 5.32 Å². The molecule has 0 aromatic heterocycles. The highest BCUT2D eigenvalue weighted by molar-refractivity contribution is 5.83. The number of rotatable bonds is 0. The average molecular weight is 221 g/mol. The maximum atomic E-state index is 12.4. The van der Waals surface area contributed by atoms with Gasteiger partial charge >= 0.3 is 6.18 Å². The van der Waals surface area contributed by atoms with Crippen molar-refractivity contribution < 1.29 is 18.3 Å². The molecule has 2 rings (SSSR count). The van der Waals surface area contributed by atoms with E-state index in [4.69, 9.17) is 5.11 Å². The van der Waals surface area contributed by atoms with Gasteiger partial charge in [-0.25, -0.2) is 4.99 Å². The van der Waals surface area contributed by atoms with Gasteiger partial charge in [0, 0.05) is 13.1 Å². The minimum atomic E-state index is -4.31. The lowest BCUT2D eigenvalue weighted by Gasteiger charge is -2.34. The summed E-state index contributed by atoms with van der Waals surface area (Å²) in [4.78, 5) is 5.19. The van der Waals surface area contributed by atoms with Gasteiger partial charge in [-0.1, -0.05) is 0 Å². The van der Waals surface area contributed by atoms with E-state index in [0.29, 0.717) is 13.1 Å². The molecule has 0 bridgehead atoms. The highest BCUT2D eigenvalue weighted by Gasteiger charge is 2.42. The molecule has 0 spiro atoms. The van der Waals surface area contributed by atoms with Gasteiger partial charge in [0.2, 0.25) is 5.96 Å². The number of nitrogens with zero attached hydrogens (tertiary/aromatic N) is 2. The molecular formula is C8H10F3N3O. The summed E-state index contributed by atoms with van der Waals surface area (Å²) in [5.41, 5.74) is 0. The molecular weight excluding hydrogens is 211 g/mol. The number of halogens is 3. The standard InChI is InChI=1S/C8H10F3N3O/c9-8(10,11)5-1-3-14-4-2-6(15)13-7(14)12-5/h2,5,15H,1,3-4H2,(H,12,13). The van der Waals surface area contributed by atoms with Gasteiger partial charge in [0.25, 0.3) is 0 Å². The summed E-state index contributed by atoms with van der Waals surface area (Å²) in [6.07, 6.45) is -2.85. The minimum Gasteiger partial charge on any atom is -0.495 e. The number of nitrogens with one attached hydrogen (secondary N) is 1. The minimum absolute atomic E-state index is 0.0384. The summed E-state index contributed by atoms with van der Waals surface area (Å²) in [6.45, 7) is 0.683. The molecule has 1 unspecified atom stereocenters. The molecule has 2 aliphatic rings. The molecule has 0 radical (unpaired) electrons. The molecule has 0 fully saturated rings. The van der Waals surface area contributed by atoms with Gasteiger partial charge < -0.3 is 10.0 Å². The Balaban J connectivity index is 2.18. The van der Waals surface area contributed by atoms with Crippen molar-refractivity contribution in [3.8, 4) is 0 Å². The van der Waals surface area contributed by atoms with Crippen LogP contribution in [0, 0.1) is 0 Å². The highest BCUT2D eigenvalue weighted by atomic mass is 19.4. The lowest BCUT2D eigenvalue weighted by atomic mass is 10.1. The van der Waals surface area contributed by atoms with Crippen LogP contribution in [-0.2, 0) is 0 Å². The number of aliphatic hydroxyl groups excluding tert-OH is 1. The fraction of sp³-hybridized carbons (Fsp3) is 0.625. The maximum Gasteiger partial charge on any atom is 0.410 e. The van der Waals surface area contributed by atoms with Crippen molar-refractivity contribution in [2.75, 3.05) is 13.1 Å². The average Bonchev–Trinajstić information content (AvgIpc) is 2.15. The van der Waals surface area contributed by atoms with E-state index in [2.05, 4.69) is 10.3 Å². The SMILES string of the molecule is OC1=CCN2CCC(C(F)(F)F)N=C2N1. The normalized spacial score (nSPS) is 26.3. The quantitative estimate of drug-likeness (QED) is 0.641. The number of aliphatic imine (C=N–C) groups is 1. The van der Waals surface area contributed by atoms with Crippen LogP contribution in [0.4, 0.5) is 13.2 Å². The highest BCUT2D eigenvalue weighted by Crippen LogP contribution is 2.28. The summed E-state index contributed by atoms with van der Waals surface area (Å²) >= 11 is 0. The zero-order valence-corrected chi connectivity index (χ0v) is 7.75. The van der Waals surface area contributed by atoms with E-state index >= 15 is 0 Å². The lowest BCUT2D eigenvalue weighted by Crippen LogP contribution is -2.51. The van der Waals surface area contributed by atoms with Gasteiger partial charge in [0.05, 0.1) is 0 Å². The third-order valence-electron chi connectivity index (χ3n) is 2.37. The first kappa shape index (κ1) is 10.1. The van der Waals surface area contributed by atoms with Crippen molar-refractivity contribution in [1.29, 1.82) is 0 Å². The third-order valence-corrected chi connectivity index (χ3v) is 2.37. The Bertz CT molecular complexity index is 324. The third kappa shape index (κ3) is 2.00. The molecule has 0 amide bonds. The molecule has 2 heterocycles. The van der Waals surface area contributed by atoms with E-state index in [1.165, 1.54) is 6.08 Å². The van der Waals surface area contributed by atoms with Crippen molar-refractivity contribution in [3.05, 3.63) is 12.0 Å². The first-order valence-electron chi connectivity index (χ1n) is 4.52. The number of alkyl halides is 3. The summed E-state index contributed by atoms with van der Waals surface area (Å²) in [5.74, 6) is -0.0450. The van der Waals surface area contributed by atoms with Crippen LogP contribution in [0.3, 0.4) is 0 Å². The monoisotopic (exact) mass is 221 g/mol. The van der Waals surface area contributed by atoms with E-state index < -0.39 is 12.2 Å². The topological polar surface area (TPSA) is 47.9 Å². The molecule has 1 atom stereocenters. The molecule has 15 heavy (non-hydrogen) atoms. The van der Waals surface area contributed by atoms with E-state index in [1.54, 1.807) is 4.90 Å². The fourth-order valence-electron chi connectivity index (χ4n) is 1.57. The van der Waals surface area contributed by atoms with Crippen LogP contribution >= 0.6 is 0 Å². The van der Waals surface area contributed by atoms with Gasteiger partial charge in [0.15, 0.2) is 11.9 Å². The number of aliphatic hydroxyl groups is 1. The summed E-state index contributed by atoms with van der Waals surface area (Å²) in [6, 6.07) is -1.66. The Kier molecular flexibility index (Phi) is 2.24. The van der Waals surface area contributed by atoms with E-state index in [9.17, 15) is 13.2 Å². The summed E-state index contributed by atoms with van der Waals surface area (Å²) in [5, 5.41) is 11.5. The molecule has 0 aliphatic carbocycles. The number of hydrogen-bond acceptors (Lipinski definition) is 4. The molecule has 0 saturated carbocycles. The van der Waals surface area contributed by atoms with Crippen LogP contribution in [-0.4, -0.2) is 41.3 Å². The Morgan fingerprint density at radius 1 is 1.53 bits per heavy atom. The van der Waals surface area contributed by atoms with Gasteiger partial charge in [-0.2, -0.15) is 13.2 Å². The molecule has 7 heteroatoms. The Labute approximate surface area is 84.1 Å². The first-order chi connectivity index (χ1) is 6.97. The van der Waals surface area contributed by atoms with Crippen molar-refractivity contribution in [2.24, 2.45) is 4.99 Å². The van der Waals surface area contributed by atoms with Crippen LogP contribution < -0.4 is 5.32 Å². The van der Waals surface area contributed by atoms with Crippen molar-refractivity contribution in [1.82, 2.24) is 10.2 Å². The number of hydrogen-bond donors (Lipinski definition) is 2. The molecule has 84 valence electrons. The van der Waals surface area contributed by atoms with E-state index in [0.717, 1.165) is 0 Å². The molecule has 2 N–H and O–H groups in total. The zero-order valence-electron chi connectivity index (χ0n) is 7.75. The molecule has 0 saturated heterocycles. The Morgan fingerprint density at radius 3 is 2.93 bits per heavy atom. The largest absolute Gasteiger partial charge is 0.495 e. The van der Waals surface area contributed by atoms with E-state index in [1.807, 2.05) is 0 Å². The van der Waals surface area contributed by atoms with Crippen LogP contribution in [0.25, 0.3) is 0 Å². The van der Waals surface area contributed by atoms with Crippen molar-refractivity contribution in [3.63, 3.8) is 0 Å². The van der Waals surface area contributed by atoms with Crippen molar-refractivity contribution >= 4 is 5.96 Å². The molecule has 4 nitrogen and oxygen atoms in total. The number of fused-ring (bicyclic) bond motifs is 1. The molecule has 0 aromatic carbocycles. The molecule has 2 aliphatic heterocycles. The van der Waals surface area contributed by atoms with Gasteiger partial charge in [-0.15, -0.1) is 0 Å². The maximum absolute atomic E-state index is 12.4. The van der Waals surface area contributed by atoms with Crippen LogP contribution in [0.15, 0.2) is 17.0 Å². The van der Waals surface area contributed by atoms with Crippen LogP contribution in [0.2, 0.25) is 0 Å². The second-order valence-corrected chi connectivity index (χ2v) is 3.46. The fourth-order valence-corrected chi connectivity index (χ4v) is 1.57. The molecule has 0 aromatic rings. The first-order valence-corrected chi connectivity index (χ1v) is 4.52. The van der Waals surface area contributed by atoms with E-state index in [-0.39, 0.29) is 18.3 Å². The summed E-state index contributed by atoms with van der Waals surface area (Å²) in [7, 11) is 0. The summed E-state index contributed by atoms with van der Waals surface area (Å²) < 4.78 is 37.1. The van der Waals surface area contributed by atoms with Crippen LogP contribution in [0.1, 0.15) is 6.42 Å². The van der Waals surface area contributed by atoms with Crippen LogP contribution in [0.5, 0.6) is 0 Å². The van der Waals surface area contributed by atoms with Gasteiger partial charge in [-0.05, 0) is 12.5 Å². The smallest absolute Gasteiger partial charge is 0.410 e. The number of guanidine groups is 1. The lowest BCUT2D eigenvalue weighted by molar-refractivity contribution is -0.150. The Morgan fingerprint density at radius 2 is 2.27 bits per heavy atom.